The Morgan fingerprint density at radius 3 is 2.86 bits per heavy atom. The minimum atomic E-state index is 0.00711. The highest BCUT2D eigenvalue weighted by Gasteiger charge is 2.08. The van der Waals surface area contributed by atoms with Crippen molar-refractivity contribution in [3.05, 3.63) is 41.0 Å². The van der Waals surface area contributed by atoms with Crippen molar-refractivity contribution in [2.24, 2.45) is 0 Å². The standard InChI is InChI=1S/C11H11NOS/c1-8-4-2-3-5-9(8)11-10(6-13)12-7-14-11/h2-5,7,13H,6H2,1H3. The molecule has 0 aliphatic heterocycles. The van der Waals surface area contributed by atoms with Gasteiger partial charge in [0.25, 0.3) is 0 Å². The van der Waals surface area contributed by atoms with Gasteiger partial charge in [0.05, 0.1) is 22.7 Å². The van der Waals surface area contributed by atoms with Crippen LogP contribution in [0.25, 0.3) is 10.4 Å². The average Bonchev–Trinajstić information content (AvgIpc) is 2.66. The molecule has 0 unspecified atom stereocenters. The fourth-order valence-electron chi connectivity index (χ4n) is 1.43. The van der Waals surface area contributed by atoms with E-state index < -0.39 is 0 Å². The Balaban J connectivity index is 2.54. The predicted octanol–water partition coefficient (Wildman–Crippen LogP) is 2.61. The van der Waals surface area contributed by atoms with Crippen molar-refractivity contribution >= 4 is 11.3 Å². The first-order chi connectivity index (χ1) is 6.83. The molecule has 0 aliphatic carbocycles. The molecule has 1 N–H and O–H groups in total. The summed E-state index contributed by atoms with van der Waals surface area (Å²) in [6.45, 7) is 2.07. The van der Waals surface area contributed by atoms with Gasteiger partial charge in [0, 0.05) is 0 Å². The number of thiazole rings is 1. The number of hydrogen-bond acceptors (Lipinski definition) is 3. The van der Waals surface area contributed by atoms with Crippen molar-refractivity contribution < 1.29 is 5.11 Å². The molecule has 0 bridgehead atoms. The van der Waals surface area contributed by atoms with E-state index in [4.69, 9.17) is 5.11 Å². The van der Waals surface area contributed by atoms with E-state index in [-0.39, 0.29) is 6.61 Å². The number of aliphatic hydroxyl groups excluding tert-OH is 1. The summed E-state index contributed by atoms with van der Waals surface area (Å²) in [6.07, 6.45) is 0. The van der Waals surface area contributed by atoms with E-state index >= 15 is 0 Å². The van der Waals surface area contributed by atoms with Crippen LogP contribution in [-0.4, -0.2) is 10.1 Å². The van der Waals surface area contributed by atoms with Crippen molar-refractivity contribution in [3.8, 4) is 10.4 Å². The minimum Gasteiger partial charge on any atom is -0.390 e. The number of hydrogen-bond donors (Lipinski definition) is 1. The summed E-state index contributed by atoms with van der Waals surface area (Å²) in [5.41, 5.74) is 4.92. The molecule has 1 aromatic carbocycles. The molecule has 14 heavy (non-hydrogen) atoms. The molecule has 3 heteroatoms. The monoisotopic (exact) mass is 205 g/mol. The third-order valence-electron chi connectivity index (χ3n) is 2.18. The maximum absolute atomic E-state index is 9.10. The first-order valence-electron chi connectivity index (χ1n) is 4.42. The second-order valence-electron chi connectivity index (χ2n) is 3.10. The van der Waals surface area contributed by atoms with Crippen LogP contribution in [0.2, 0.25) is 0 Å². The number of benzene rings is 1. The van der Waals surface area contributed by atoms with Gasteiger partial charge in [-0.3, -0.25) is 0 Å². The van der Waals surface area contributed by atoms with Gasteiger partial charge in [0.15, 0.2) is 0 Å². The molecule has 1 heterocycles. The maximum atomic E-state index is 9.10. The third kappa shape index (κ3) is 1.56. The zero-order valence-corrected chi connectivity index (χ0v) is 8.71. The van der Waals surface area contributed by atoms with Crippen LogP contribution in [0.4, 0.5) is 0 Å². The number of aryl methyl sites for hydroxylation is 1. The van der Waals surface area contributed by atoms with Crippen molar-refractivity contribution in [1.82, 2.24) is 4.98 Å². The van der Waals surface area contributed by atoms with Crippen LogP contribution in [0.15, 0.2) is 29.8 Å². The Labute approximate surface area is 86.9 Å². The lowest BCUT2D eigenvalue weighted by molar-refractivity contribution is 0.278. The molecule has 2 aromatic rings. The van der Waals surface area contributed by atoms with E-state index in [0.717, 1.165) is 10.6 Å². The summed E-state index contributed by atoms with van der Waals surface area (Å²) >= 11 is 1.57. The Hall–Kier alpha value is -1.19. The Kier molecular flexibility index (Phi) is 2.61. The van der Waals surface area contributed by atoms with Crippen LogP contribution in [-0.2, 0) is 6.61 Å². The van der Waals surface area contributed by atoms with Crippen molar-refractivity contribution in [1.29, 1.82) is 0 Å². The van der Waals surface area contributed by atoms with Gasteiger partial charge in [-0.2, -0.15) is 0 Å². The molecule has 1 aromatic heterocycles. The molecule has 0 saturated carbocycles. The summed E-state index contributed by atoms with van der Waals surface area (Å²) in [4.78, 5) is 5.20. The van der Waals surface area contributed by atoms with Crippen molar-refractivity contribution in [2.75, 3.05) is 0 Å². The van der Waals surface area contributed by atoms with Crippen LogP contribution < -0.4 is 0 Å². The van der Waals surface area contributed by atoms with Crippen molar-refractivity contribution in [2.45, 2.75) is 13.5 Å². The topological polar surface area (TPSA) is 33.1 Å². The van der Waals surface area contributed by atoms with Gasteiger partial charge in [0.2, 0.25) is 0 Å². The predicted molar refractivity (Wildman–Crippen MR) is 58.2 cm³/mol. The smallest absolute Gasteiger partial charge is 0.0867 e. The number of aromatic nitrogens is 1. The Morgan fingerprint density at radius 2 is 2.14 bits per heavy atom. The summed E-state index contributed by atoms with van der Waals surface area (Å²) in [5.74, 6) is 0. The lowest BCUT2D eigenvalue weighted by Crippen LogP contribution is -1.87. The second-order valence-corrected chi connectivity index (χ2v) is 3.96. The molecule has 0 amide bonds. The van der Waals surface area contributed by atoms with E-state index in [1.54, 1.807) is 16.8 Å². The highest BCUT2D eigenvalue weighted by Crippen LogP contribution is 2.29. The molecule has 0 spiro atoms. The van der Waals surface area contributed by atoms with Gasteiger partial charge < -0.3 is 5.11 Å². The van der Waals surface area contributed by atoms with Gasteiger partial charge in [-0.25, -0.2) is 4.98 Å². The number of nitrogens with zero attached hydrogens (tertiary/aromatic N) is 1. The lowest BCUT2D eigenvalue weighted by atomic mass is 10.1. The summed E-state index contributed by atoms with van der Waals surface area (Å²) < 4.78 is 0. The maximum Gasteiger partial charge on any atom is 0.0867 e. The molecule has 0 atom stereocenters. The molecule has 0 aliphatic rings. The molecule has 0 saturated heterocycles. The SMILES string of the molecule is Cc1ccccc1-c1scnc1CO. The van der Waals surface area contributed by atoms with Crippen LogP contribution in [0.3, 0.4) is 0 Å². The van der Waals surface area contributed by atoms with Crippen LogP contribution in [0.5, 0.6) is 0 Å². The molecule has 2 rings (SSSR count). The molecular weight excluding hydrogens is 194 g/mol. The van der Waals surface area contributed by atoms with Gasteiger partial charge in [-0.15, -0.1) is 11.3 Å². The van der Waals surface area contributed by atoms with E-state index in [9.17, 15) is 0 Å². The van der Waals surface area contributed by atoms with Crippen LogP contribution in [0, 0.1) is 6.92 Å². The quantitative estimate of drug-likeness (QED) is 0.817. The van der Waals surface area contributed by atoms with E-state index in [2.05, 4.69) is 24.0 Å². The molecular formula is C11H11NOS. The highest BCUT2D eigenvalue weighted by molar-refractivity contribution is 7.13. The second kappa shape index (κ2) is 3.90. The van der Waals surface area contributed by atoms with Gasteiger partial charge >= 0.3 is 0 Å². The fraction of sp³-hybridized carbons (Fsp3) is 0.182. The van der Waals surface area contributed by atoms with E-state index in [1.807, 2.05) is 12.1 Å². The molecule has 72 valence electrons. The summed E-state index contributed by atoms with van der Waals surface area (Å²) in [6, 6.07) is 8.14. The first kappa shape index (κ1) is 9.37. The fourth-order valence-corrected chi connectivity index (χ4v) is 2.32. The molecule has 2 nitrogen and oxygen atoms in total. The van der Waals surface area contributed by atoms with Crippen LogP contribution >= 0.6 is 11.3 Å². The van der Waals surface area contributed by atoms with E-state index in [1.165, 1.54) is 11.1 Å². The minimum absolute atomic E-state index is 0.00711. The highest BCUT2D eigenvalue weighted by atomic mass is 32.1. The van der Waals surface area contributed by atoms with Gasteiger partial charge in [-0.05, 0) is 18.1 Å². The van der Waals surface area contributed by atoms with E-state index in [0.29, 0.717) is 0 Å². The third-order valence-corrected chi connectivity index (χ3v) is 3.08. The number of rotatable bonds is 2. The van der Waals surface area contributed by atoms with Gasteiger partial charge in [-0.1, -0.05) is 24.3 Å². The Morgan fingerprint density at radius 1 is 1.36 bits per heavy atom. The Bertz CT molecular complexity index is 436. The van der Waals surface area contributed by atoms with Crippen molar-refractivity contribution in [3.63, 3.8) is 0 Å². The largest absolute Gasteiger partial charge is 0.390 e. The average molecular weight is 205 g/mol. The summed E-state index contributed by atoms with van der Waals surface area (Å²) in [7, 11) is 0. The van der Waals surface area contributed by atoms with Gasteiger partial charge in [0.1, 0.15) is 0 Å². The first-order valence-corrected chi connectivity index (χ1v) is 5.30. The lowest BCUT2D eigenvalue weighted by Gasteiger charge is -2.03. The normalized spacial score (nSPS) is 10.4. The molecule has 0 fully saturated rings. The van der Waals surface area contributed by atoms with Crippen LogP contribution in [0.1, 0.15) is 11.3 Å². The summed E-state index contributed by atoms with van der Waals surface area (Å²) in [5, 5.41) is 9.10. The zero-order chi connectivity index (χ0) is 9.97. The molecule has 0 radical (unpaired) electrons. The zero-order valence-electron chi connectivity index (χ0n) is 7.90. The number of aliphatic hydroxyl groups is 1.